The summed E-state index contributed by atoms with van der Waals surface area (Å²) in [6, 6.07) is 14.6. The van der Waals surface area contributed by atoms with E-state index in [-0.39, 0.29) is 11.7 Å². The molecule has 3 aromatic rings. The Morgan fingerprint density at radius 1 is 1.12 bits per heavy atom. The summed E-state index contributed by atoms with van der Waals surface area (Å²) in [7, 11) is 2.17. The lowest BCUT2D eigenvalue weighted by Crippen LogP contribution is -2.44. The van der Waals surface area contributed by atoms with Crippen molar-refractivity contribution in [2.75, 3.05) is 43.4 Å². The quantitative estimate of drug-likeness (QED) is 0.526. The molecular formula is C28H31N5O. The van der Waals surface area contributed by atoms with Crippen molar-refractivity contribution in [2.24, 2.45) is 5.92 Å². The van der Waals surface area contributed by atoms with Crippen LogP contribution in [0.15, 0.2) is 67.4 Å². The molecule has 0 saturated carbocycles. The first-order valence-electron chi connectivity index (χ1n) is 12.0. The van der Waals surface area contributed by atoms with E-state index in [1.807, 2.05) is 18.3 Å². The number of hydrogen-bond acceptors (Lipinski definition) is 6. The average molecular weight is 454 g/mol. The molecule has 174 valence electrons. The topological polar surface area (TPSA) is 61.4 Å². The van der Waals surface area contributed by atoms with Crippen LogP contribution >= 0.6 is 0 Å². The summed E-state index contributed by atoms with van der Waals surface area (Å²) in [5, 5.41) is 4.36. The Bertz CT molecular complexity index is 1230. The number of para-hydroxylation sites is 1. The van der Waals surface area contributed by atoms with Gasteiger partial charge in [-0.1, -0.05) is 30.9 Å². The number of nitrogens with one attached hydrogen (secondary N) is 1. The van der Waals surface area contributed by atoms with Gasteiger partial charge in [0.2, 0.25) is 5.95 Å². The second-order valence-electron chi connectivity index (χ2n) is 9.21. The number of rotatable bonds is 6. The third-order valence-electron chi connectivity index (χ3n) is 6.92. The van der Waals surface area contributed by atoms with Crippen molar-refractivity contribution in [3.8, 4) is 0 Å². The van der Waals surface area contributed by atoms with Gasteiger partial charge in [0.05, 0.1) is 5.52 Å². The molecule has 5 rings (SSSR count). The fourth-order valence-corrected chi connectivity index (χ4v) is 4.86. The van der Waals surface area contributed by atoms with E-state index in [2.05, 4.69) is 70.1 Å². The zero-order valence-electron chi connectivity index (χ0n) is 19.7. The first-order valence-corrected chi connectivity index (χ1v) is 12.0. The first kappa shape index (κ1) is 22.3. The van der Waals surface area contributed by atoms with Crippen molar-refractivity contribution in [1.82, 2.24) is 14.9 Å². The zero-order chi connectivity index (χ0) is 23.5. The highest BCUT2D eigenvalue weighted by Crippen LogP contribution is 2.35. The van der Waals surface area contributed by atoms with Gasteiger partial charge in [-0.2, -0.15) is 0 Å². The molecule has 1 aromatic heterocycles. The number of hydrogen-bond donors (Lipinski definition) is 1. The molecule has 1 aliphatic carbocycles. The lowest BCUT2D eigenvalue weighted by molar-refractivity contribution is -0.118. The largest absolute Gasteiger partial charge is 0.369 e. The van der Waals surface area contributed by atoms with Crippen molar-refractivity contribution in [2.45, 2.75) is 19.3 Å². The molecular weight excluding hydrogens is 422 g/mol. The SMILES string of the molecule is C=CC(=O)C1CCC=C(c2cccc3cnc(Nc4ccc(N5CCN(C)CC5)cc4)nc23)C1. The number of fused-ring (bicyclic) bond motifs is 1. The van der Waals surface area contributed by atoms with Gasteiger partial charge in [0.1, 0.15) is 0 Å². The van der Waals surface area contributed by atoms with Crippen LogP contribution in [-0.2, 0) is 4.79 Å². The van der Waals surface area contributed by atoms with Crippen molar-refractivity contribution in [3.05, 3.63) is 73.0 Å². The van der Waals surface area contributed by atoms with Crippen LogP contribution in [0.3, 0.4) is 0 Å². The highest BCUT2D eigenvalue weighted by molar-refractivity contribution is 5.95. The van der Waals surface area contributed by atoms with E-state index in [1.165, 1.54) is 17.3 Å². The maximum absolute atomic E-state index is 12.2. The highest BCUT2D eigenvalue weighted by atomic mass is 16.1. The number of likely N-dealkylation sites (N-methyl/N-ethyl adjacent to an activating group) is 1. The molecule has 2 aromatic carbocycles. The van der Waals surface area contributed by atoms with Crippen molar-refractivity contribution in [1.29, 1.82) is 0 Å². The fourth-order valence-electron chi connectivity index (χ4n) is 4.86. The van der Waals surface area contributed by atoms with Crippen LogP contribution in [0, 0.1) is 5.92 Å². The maximum Gasteiger partial charge on any atom is 0.227 e. The van der Waals surface area contributed by atoms with Crippen molar-refractivity contribution < 1.29 is 4.79 Å². The third kappa shape index (κ3) is 4.73. The van der Waals surface area contributed by atoms with Gasteiger partial charge in [-0.15, -0.1) is 0 Å². The monoisotopic (exact) mass is 453 g/mol. The molecule has 1 saturated heterocycles. The number of anilines is 3. The van der Waals surface area contributed by atoms with Crippen molar-refractivity contribution >= 4 is 39.6 Å². The zero-order valence-corrected chi connectivity index (χ0v) is 19.7. The summed E-state index contributed by atoms with van der Waals surface area (Å²) < 4.78 is 0. The Labute approximate surface area is 201 Å². The minimum Gasteiger partial charge on any atom is -0.369 e. The number of benzene rings is 2. The predicted octanol–water partition coefficient (Wildman–Crippen LogP) is 5.06. The molecule has 6 heteroatoms. The van der Waals surface area contributed by atoms with Gasteiger partial charge in [-0.3, -0.25) is 4.79 Å². The molecule has 1 aliphatic heterocycles. The van der Waals surface area contributed by atoms with E-state index >= 15 is 0 Å². The van der Waals surface area contributed by atoms with Crippen LogP contribution in [0.4, 0.5) is 17.3 Å². The summed E-state index contributed by atoms with van der Waals surface area (Å²) in [5.41, 5.74) is 5.37. The molecule has 0 radical (unpaired) electrons. The Kier molecular flexibility index (Phi) is 6.41. The molecule has 0 amide bonds. The number of nitrogens with zero attached hydrogens (tertiary/aromatic N) is 4. The number of aromatic nitrogens is 2. The van der Waals surface area contributed by atoms with E-state index in [1.54, 1.807) is 0 Å². The minimum absolute atomic E-state index is 0.00556. The number of allylic oxidation sites excluding steroid dienone is 3. The number of ketones is 1. The van der Waals surface area contributed by atoms with Gasteiger partial charge in [0.15, 0.2) is 5.78 Å². The summed E-state index contributed by atoms with van der Waals surface area (Å²) >= 11 is 0. The Hall–Kier alpha value is -3.51. The van der Waals surface area contributed by atoms with Gasteiger partial charge in [0, 0.05) is 60.6 Å². The van der Waals surface area contributed by atoms with Gasteiger partial charge in [0.25, 0.3) is 0 Å². The minimum atomic E-state index is 0.00556. The number of piperazine rings is 1. The molecule has 1 fully saturated rings. The van der Waals surface area contributed by atoms with Gasteiger partial charge in [-0.25, -0.2) is 9.97 Å². The van der Waals surface area contributed by atoms with E-state index in [4.69, 9.17) is 4.98 Å². The summed E-state index contributed by atoms with van der Waals surface area (Å²) in [6.07, 6.45) is 8.06. The second kappa shape index (κ2) is 9.77. The lowest BCUT2D eigenvalue weighted by Gasteiger charge is -2.34. The average Bonchev–Trinajstić information content (AvgIpc) is 2.89. The van der Waals surface area contributed by atoms with Gasteiger partial charge < -0.3 is 15.1 Å². The first-order chi connectivity index (χ1) is 16.6. The van der Waals surface area contributed by atoms with E-state index in [0.717, 1.165) is 67.6 Å². The lowest BCUT2D eigenvalue weighted by atomic mass is 9.83. The smallest absolute Gasteiger partial charge is 0.227 e. The maximum atomic E-state index is 12.2. The molecule has 34 heavy (non-hydrogen) atoms. The van der Waals surface area contributed by atoms with E-state index < -0.39 is 0 Å². The van der Waals surface area contributed by atoms with Gasteiger partial charge in [-0.05, 0) is 62.2 Å². The van der Waals surface area contributed by atoms with Gasteiger partial charge >= 0.3 is 0 Å². The molecule has 1 unspecified atom stereocenters. The summed E-state index contributed by atoms with van der Waals surface area (Å²) in [6.45, 7) is 7.95. The fraction of sp³-hybridized carbons (Fsp3) is 0.321. The summed E-state index contributed by atoms with van der Waals surface area (Å²) in [5.74, 6) is 0.705. The molecule has 2 aliphatic rings. The molecule has 1 atom stereocenters. The molecule has 6 nitrogen and oxygen atoms in total. The second-order valence-corrected chi connectivity index (χ2v) is 9.21. The normalized spacial score (nSPS) is 19.0. The van der Waals surface area contributed by atoms with E-state index in [0.29, 0.717) is 5.95 Å². The molecule has 1 N–H and O–H groups in total. The Morgan fingerprint density at radius 2 is 1.91 bits per heavy atom. The number of carbonyl (C=O) groups is 1. The van der Waals surface area contributed by atoms with Crippen molar-refractivity contribution in [3.63, 3.8) is 0 Å². The standard InChI is InChI=1S/C28H31N5O/c1-3-26(34)21-7-4-6-20(18-21)25-9-5-8-22-19-29-28(31-27(22)25)30-23-10-12-24(13-11-23)33-16-14-32(2)15-17-33/h3,5-6,8-13,19,21H,1,4,7,14-18H2,2H3,(H,29,30,31). The van der Waals surface area contributed by atoms with Crippen LogP contribution in [0.25, 0.3) is 16.5 Å². The van der Waals surface area contributed by atoms with Crippen LogP contribution in [0.2, 0.25) is 0 Å². The summed E-state index contributed by atoms with van der Waals surface area (Å²) in [4.78, 5) is 26.4. The molecule has 2 heterocycles. The predicted molar refractivity (Wildman–Crippen MR) is 139 cm³/mol. The van der Waals surface area contributed by atoms with Crippen LogP contribution in [0.1, 0.15) is 24.8 Å². The highest BCUT2D eigenvalue weighted by Gasteiger charge is 2.22. The van der Waals surface area contributed by atoms with Crippen LogP contribution in [0.5, 0.6) is 0 Å². The third-order valence-corrected chi connectivity index (χ3v) is 6.92. The van der Waals surface area contributed by atoms with Crippen LogP contribution < -0.4 is 10.2 Å². The molecule has 0 bridgehead atoms. The Morgan fingerprint density at radius 3 is 2.68 bits per heavy atom. The van der Waals surface area contributed by atoms with E-state index in [9.17, 15) is 4.79 Å². The number of carbonyl (C=O) groups excluding carboxylic acids is 1. The van der Waals surface area contributed by atoms with Crippen LogP contribution in [-0.4, -0.2) is 53.9 Å². The molecule has 0 spiro atoms. The Balaban J connectivity index is 1.36.